The first-order valence-corrected chi connectivity index (χ1v) is 7.16. The number of para-hydroxylation sites is 1. The third-order valence-electron chi connectivity index (χ3n) is 3.71. The molecule has 3 rings (SSSR count). The van der Waals surface area contributed by atoms with Gasteiger partial charge in [-0.2, -0.15) is 0 Å². The summed E-state index contributed by atoms with van der Waals surface area (Å²) >= 11 is 0. The Morgan fingerprint density at radius 3 is 3.00 bits per heavy atom. The first-order chi connectivity index (χ1) is 9.79. The molecule has 0 amide bonds. The van der Waals surface area contributed by atoms with Crippen molar-refractivity contribution in [3.8, 4) is 5.75 Å². The molecule has 1 aromatic carbocycles. The van der Waals surface area contributed by atoms with Crippen molar-refractivity contribution < 1.29 is 9.47 Å². The Balaban J connectivity index is 1.65. The van der Waals surface area contributed by atoms with Crippen LogP contribution in [0, 0.1) is 5.92 Å². The number of hydrogen-bond donors (Lipinski definition) is 1. The summed E-state index contributed by atoms with van der Waals surface area (Å²) in [5.74, 6) is 2.11. The van der Waals surface area contributed by atoms with E-state index < -0.39 is 0 Å². The number of nitrogen functional groups attached to an aromatic ring is 1. The first-order valence-electron chi connectivity index (χ1n) is 7.16. The van der Waals surface area contributed by atoms with Crippen molar-refractivity contribution in [1.82, 2.24) is 9.55 Å². The van der Waals surface area contributed by atoms with Crippen LogP contribution in [0.4, 0.5) is 5.95 Å². The predicted octanol–water partition coefficient (Wildman–Crippen LogP) is 2.44. The summed E-state index contributed by atoms with van der Waals surface area (Å²) in [5.41, 5.74) is 7.85. The fraction of sp³-hybridized carbons (Fsp3) is 0.533. The second-order valence-electron chi connectivity index (χ2n) is 5.32. The van der Waals surface area contributed by atoms with Crippen molar-refractivity contribution >= 4 is 17.0 Å². The lowest BCUT2D eigenvalue weighted by Gasteiger charge is -2.07. The van der Waals surface area contributed by atoms with Crippen LogP contribution in [0.2, 0.25) is 0 Å². The van der Waals surface area contributed by atoms with Gasteiger partial charge in [-0.1, -0.05) is 6.07 Å². The van der Waals surface area contributed by atoms with Gasteiger partial charge in [0.05, 0.1) is 12.6 Å². The molecule has 0 aliphatic heterocycles. The predicted molar refractivity (Wildman–Crippen MR) is 78.9 cm³/mol. The third kappa shape index (κ3) is 2.72. The monoisotopic (exact) mass is 275 g/mol. The van der Waals surface area contributed by atoms with E-state index in [1.165, 1.54) is 12.8 Å². The molecule has 0 saturated heterocycles. The van der Waals surface area contributed by atoms with Crippen LogP contribution in [0.5, 0.6) is 5.75 Å². The molecule has 1 aromatic heterocycles. The van der Waals surface area contributed by atoms with Gasteiger partial charge >= 0.3 is 0 Å². The van der Waals surface area contributed by atoms with E-state index in [0.29, 0.717) is 5.95 Å². The summed E-state index contributed by atoms with van der Waals surface area (Å²) in [6.45, 7) is 2.51. The van der Waals surface area contributed by atoms with Crippen molar-refractivity contribution in [3.05, 3.63) is 18.2 Å². The van der Waals surface area contributed by atoms with Crippen LogP contribution < -0.4 is 10.5 Å². The molecule has 0 bridgehead atoms. The number of fused-ring (bicyclic) bond motifs is 1. The number of hydrogen-bond acceptors (Lipinski definition) is 4. The molecule has 1 fully saturated rings. The van der Waals surface area contributed by atoms with Crippen LogP contribution in [0.15, 0.2) is 18.2 Å². The second kappa shape index (κ2) is 5.71. The van der Waals surface area contributed by atoms with Gasteiger partial charge < -0.3 is 19.8 Å². The van der Waals surface area contributed by atoms with Crippen molar-refractivity contribution in [1.29, 1.82) is 0 Å². The van der Waals surface area contributed by atoms with Crippen LogP contribution in [0.1, 0.15) is 19.3 Å². The number of rotatable bonds is 7. The molecule has 5 heteroatoms. The third-order valence-corrected chi connectivity index (χ3v) is 3.71. The molecule has 0 radical (unpaired) electrons. The molecule has 0 spiro atoms. The number of imidazole rings is 1. The van der Waals surface area contributed by atoms with E-state index in [0.717, 1.165) is 48.9 Å². The minimum atomic E-state index is 0.534. The lowest BCUT2D eigenvalue weighted by Crippen LogP contribution is -2.07. The molecule has 0 unspecified atom stereocenters. The normalized spacial score (nSPS) is 14.8. The lowest BCUT2D eigenvalue weighted by atomic mass is 10.3. The van der Waals surface area contributed by atoms with E-state index >= 15 is 0 Å². The van der Waals surface area contributed by atoms with Crippen LogP contribution in [0.25, 0.3) is 11.0 Å². The summed E-state index contributed by atoms with van der Waals surface area (Å²) in [4.78, 5) is 4.40. The summed E-state index contributed by atoms with van der Waals surface area (Å²) in [6.07, 6.45) is 3.61. The van der Waals surface area contributed by atoms with Crippen molar-refractivity contribution in [2.75, 3.05) is 26.1 Å². The molecule has 1 heterocycles. The Kier molecular flexibility index (Phi) is 3.78. The second-order valence-corrected chi connectivity index (χ2v) is 5.32. The standard InChI is InChI=1S/C15H21N3O2/c1-19-13-5-2-4-12-14(13)17-15(16)18(12)8-3-9-20-10-11-6-7-11/h2,4-5,11H,3,6-10H2,1H3,(H2,16,17). The van der Waals surface area contributed by atoms with Gasteiger partial charge in [-0.3, -0.25) is 0 Å². The molecule has 2 aromatic rings. The smallest absolute Gasteiger partial charge is 0.201 e. The minimum Gasteiger partial charge on any atom is -0.494 e. The van der Waals surface area contributed by atoms with Gasteiger partial charge in [0, 0.05) is 19.8 Å². The van der Waals surface area contributed by atoms with E-state index in [-0.39, 0.29) is 0 Å². The van der Waals surface area contributed by atoms with Crippen LogP contribution in [-0.2, 0) is 11.3 Å². The lowest BCUT2D eigenvalue weighted by molar-refractivity contribution is 0.119. The van der Waals surface area contributed by atoms with Crippen molar-refractivity contribution in [2.45, 2.75) is 25.8 Å². The fourth-order valence-corrected chi connectivity index (χ4v) is 2.40. The van der Waals surface area contributed by atoms with Gasteiger partial charge in [0.15, 0.2) is 0 Å². The largest absolute Gasteiger partial charge is 0.494 e. The first kappa shape index (κ1) is 13.2. The van der Waals surface area contributed by atoms with E-state index in [1.54, 1.807) is 7.11 Å². The van der Waals surface area contributed by atoms with E-state index in [2.05, 4.69) is 4.98 Å². The highest BCUT2D eigenvalue weighted by Crippen LogP contribution is 2.29. The van der Waals surface area contributed by atoms with Gasteiger partial charge in [-0.25, -0.2) is 4.98 Å². The molecule has 0 atom stereocenters. The van der Waals surface area contributed by atoms with Crippen molar-refractivity contribution in [3.63, 3.8) is 0 Å². The Morgan fingerprint density at radius 1 is 1.40 bits per heavy atom. The highest BCUT2D eigenvalue weighted by molar-refractivity contribution is 5.84. The Hall–Kier alpha value is -1.75. The number of benzene rings is 1. The zero-order valence-corrected chi connectivity index (χ0v) is 11.8. The highest BCUT2D eigenvalue weighted by Gasteiger charge is 2.20. The maximum Gasteiger partial charge on any atom is 0.201 e. The molecule has 108 valence electrons. The number of ether oxygens (including phenoxy) is 2. The van der Waals surface area contributed by atoms with E-state index in [9.17, 15) is 0 Å². The van der Waals surface area contributed by atoms with Gasteiger partial charge in [0.2, 0.25) is 5.95 Å². The average Bonchev–Trinajstić information content (AvgIpc) is 3.22. The number of methoxy groups -OCH3 is 1. The van der Waals surface area contributed by atoms with Crippen LogP contribution in [0.3, 0.4) is 0 Å². The van der Waals surface area contributed by atoms with Gasteiger partial charge in [-0.15, -0.1) is 0 Å². The van der Waals surface area contributed by atoms with E-state index in [4.69, 9.17) is 15.2 Å². The highest BCUT2D eigenvalue weighted by atomic mass is 16.5. The summed E-state index contributed by atoms with van der Waals surface area (Å²) in [7, 11) is 1.65. The average molecular weight is 275 g/mol. The topological polar surface area (TPSA) is 62.3 Å². The number of nitrogens with zero attached hydrogens (tertiary/aromatic N) is 2. The van der Waals surface area contributed by atoms with Crippen molar-refractivity contribution in [2.24, 2.45) is 5.92 Å². The zero-order chi connectivity index (χ0) is 13.9. The maximum atomic E-state index is 6.01. The maximum absolute atomic E-state index is 6.01. The zero-order valence-electron chi connectivity index (χ0n) is 11.8. The quantitative estimate of drug-likeness (QED) is 0.788. The summed E-state index contributed by atoms with van der Waals surface area (Å²) in [6, 6.07) is 5.88. The number of anilines is 1. The Labute approximate surface area is 118 Å². The molecule has 1 aliphatic carbocycles. The van der Waals surface area contributed by atoms with Gasteiger partial charge in [0.1, 0.15) is 11.3 Å². The minimum absolute atomic E-state index is 0.534. The molecular formula is C15H21N3O2. The van der Waals surface area contributed by atoms with Crippen LogP contribution in [-0.4, -0.2) is 29.9 Å². The number of nitrogens with two attached hydrogens (primary N) is 1. The molecular weight excluding hydrogens is 254 g/mol. The number of aromatic nitrogens is 2. The molecule has 5 nitrogen and oxygen atoms in total. The number of aryl methyl sites for hydroxylation is 1. The Morgan fingerprint density at radius 2 is 2.25 bits per heavy atom. The summed E-state index contributed by atoms with van der Waals surface area (Å²) in [5, 5.41) is 0. The van der Waals surface area contributed by atoms with E-state index in [1.807, 2.05) is 22.8 Å². The molecule has 20 heavy (non-hydrogen) atoms. The molecule has 1 aliphatic rings. The molecule has 2 N–H and O–H groups in total. The molecule has 1 saturated carbocycles. The summed E-state index contributed by atoms with van der Waals surface area (Å²) < 4.78 is 13.0. The fourth-order valence-electron chi connectivity index (χ4n) is 2.40. The van der Waals surface area contributed by atoms with Gasteiger partial charge in [0.25, 0.3) is 0 Å². The Bertz CT molecular complexity index is 590. The van der Waals surface area contributed by atoms with Crippen LogP contribution >= 0.6 is 0 Å². The van der Waals surface area contributed by atoms with Gasteiger partial charge in [-0.05, 0) is 37.3 Å². The SMILES string of the molecule is COc1cccc2c1nc(N)n2CCCOCC1CC1.